The molecule has 1 saturated heterocycles. The Labute approximate surface area is 193 Å². The van der Waals surface area contributed by atoms with Crippen molar-refractivity contribution in [1.82, 2.24) is 15.5 Å². The van der Waals surface area contributed by atoms with Crippen molar-refractivity contribution in [2.75, 3.05) is 40.4 Å². The number of aryl methyl sites for hydroxylation is 1. The second-order valence-corrected chi connectivity index (χ2v) is 7.85. The van der Waals surface area contributed by atoms with Crippen LogP contribution in [0.2, 0.25) is 0 Å². The molecule has 0 aliphatic carbocycles. The summed E-state index contributed by atoms with van der Waals surface area (Å²) in [4.78, 5) is 6.71. The maximum absolute atomic E-state index is 6.18. The molecule has 166 valence electrons. The predicted molar refractivity (Wildman–Crippen MR) is 132 cm³/mol. The van der Waals surface area contributed by atoms with Crippen molar-refractivity contribution in [3.05, 3.63) is 29.3 Å². The molecule has 1 fully saturated rings. The molecule has 1 aliphatic rings. The molecule has 2 N–H and O–H groups in total. The number of rotatable bonds is 10. The molecule has 0 bridgehead atoms. The van der Waals surface area contributed by atoms with Crippen molar-refractivity contribution in [3.8, 4) is 5.75 Å². The van der Waals surface area contributed by atoms with Crippen LogP contribution in [0.3, 0.4) is 0 Å². The number of ether oxygens (including phenoxy) is 2. The van der Waals surface area contributed by atoms with E-state index in [0.29, 0.717) is 19.2 Å². The maximum atomic E-state index is 6.18. The molecule has 0 spiro atoms. The Morgan fingerprint density at radius 1 is 1.31 bits per heavy atom. The van der Waals surface area contributed by atoms with E-state index in [-0.39, 0.29) is 30.1 Å². The van der Waals surface area contributed by atoms with E-state index in [9.17, 15) is 0 Å². The summed E-state index contributed by atoms with van der Waals surface area (Å²) in [5.41, 5.74) is 2.34. The summed E-state index contributed by atoms with van der Waals surface area (Å²) in [5.74, 6) is 1.77. The number of nitrogens with zero attached hydrogens (tertiary/aromatic N) is 2. The van der Waals surface area contributed by atoms with Gasteiger partial charge in [-0.1, -0.05) is 12.1 Å². The number of unbranched alkanes of at least 4 members (excludes halogenated alkanes) is 1. The molecule has 0 aromatic heterocycles. The molecule has 0 radical (unpaired) electrons. The van der Waals surface area contributed by atoms with E-state index in [4.69, 9.17) is 9.47 Å². The minimum atomic E-state index is 0. The molecule has 0 saturated carbocycles. The highest BCUT2D eigenvalue weighted by Gasteiger charge is 2.18. The van der Waals surface area contributed by atoms with Crippen LogP contribution in [0.25, 0.3) is 0 Å². The van der Waals surface area contributed by atoms with Crippen LogP contribution in [0.5, 0.6) is 5.75 Å². The van der Waals surface area contributed by atoms with Crippen LogP contribution in [0, 0.1) is 6.92 Å². The Morgan fingerprint density at radius 2 is 2.10 bits per heavy atom. The van der Waals surface area contributed by atoms with Crippen molar-refractivity contribution >= 4 is 29.9 Å². The van der Waals surface area contributed by atoms with Gasteiger partial charge < -0.3 is 25.0 Å². The van der Waals surface area contributed by atoms with Gasteiger partial charge in [-0.25, -0.2) is 0 Å². The number of benzene rings is 1. The molecule has 1 atom stereocenters. The fourth-order valence-corrected chi connectivity index (χ4v) is 3.05. The van der Waals surface area contributed by atoms with Gasteiger partial charge >= 0.3 is 0 Å². The van der Waals surface area contributed by atoms with E-state index in [0.717, 1.165) is 49.8 Å². The number of hydrogen-bond acceptors (Lipinski definition) is 4. The SMILES string of the molecule is CN=C(NCCCCN(C)C(C)C)NCc1ccc(C)cc1OC1CCOC1.I. The minimum absolute atomic E-state index is 0. The topological polar surface area (TPSA) is 58.1 Å². The van der Waals surface area contributed by atoms with E-state index in [1.807, 2.05) is 7.05 Å². The largest absolute Gasteiger partial charge is 0.488 e. The van der Waals surface area contributed by atoms with Crippen molar-refractivity contribution in [3.63, 3.8) is 0 Å². The van der Waals surface area contributed by atoms with Gasteiger partial charge in [-0.15, -0.1) is 24.0 Å². The third-order valence-corrected chi connectivity index (χ3v) is 5.19. The highest BCUT2D eigenvalue weighted by atomic mass is 127. The van der Waals surface area contributed by atoms with Gasteiger partial charge in [0.1, 0.15) is 11.9 Å². The molecular formula is C22H39IN4O2. The smallest absolute Gasteiger partial charge is 0.191 e. The molecule has 1 aliphatic heterocycles. The predicted octanol–water partition coefficient (Wildman–Crippen LogP) is 3.57. The fraction of sp³-hybridized carbons (Fsp3) is 0.682. The lowest BCUT2D eigenvalue weighted by molar-refractivity contribution is 0.140. The Balaban J connectivity index is 0.00000420. The van der Waals surface area contributed by atoms with Gasteiger partial charge in [-0.05, 0) is 58.8 Å². The molecule has 6 nitrogen and oxygen atoms in total. The lowest BCUT2D eigenvalue weighted by Crippen LogP contribution is -2.37. The first-order valence-corrected chi connectivity index (χ1v) is 10.5. The van der Waals surface area contributed by atoms with E-state index < -0.39 is 0 Å². The summed E-state index contributed by atoms with van der Waals surface area (Å²) >= 11 is 0. The molecule has 1 heterocycles. The summed E-state index contributed by atoms with van der Waals surface area (Å²) < 4.78 is 11.6. The number of halogens is 1. The van der Waals surface area contributed by atoms with Crippen molar-refractivity contribution in [1.29, 1.82) is 0 Å². The number of nitrogens with one attached hydrogen (secondary N) is 2. The van der Waals surface area contributed by atoms with Gasteiger partial charge in [0.2, 0.25) is 0 Å². The number of guanidine groups is 1. The molecule has 1 aromatic rings. The standard InChI is InChI=1S/C22H38N4O2.HI/c1-17(2)26(5)12-7-6-11-24-22(23-4)25-15-19-9-8-18(3)14-21(19)28-20-10-13-27-16-20;/h8-9,14,17,20H,6-7,10-13,15-16H2,1-5H3,(H2,23,24,25);1H. The molecule has 1 unspecified atom stereocenters. The highest BCUT2D eigenvalue weighted by Crippen LogP contribution is 2.23. The fourth-order valence-electron chi connectivity index (χ4n) is 3.05. The van der Waals surface area contributed by atoms with Gasteiger partial charge in [0.25, 0.3) is 0 Å². The lowest BCUT2D eigenvalue weighted by Gasteiger charge is -2.21. The second kappa shape index (κ2) is 14.0. The van der Waals surface area contributed by atoms with Crippen molar-refractivity contribution in [2.45, 2.75) is 58.7 Å². The molecular weight excluding hydrogens is 479 g/mol. The van der Waals surface area contributed by atoms with E-state index in [2.05, 4.69) is 66.5 Å². The van der Waals surface area contributed by atoms with Gasteiger partial charge in [0.05, 0.1) is 13.2 Å². The third kappa shape index (κ3) is 9.53. The van der Waals surface area contributed by atoms with Crippen LogP contribution < -0.4 is 15.4 Å². The van der Waals surface area contributed by atoms with Crippen LogP contribution in [0.4, 0.5) is 0 Å². The van der Waals surface area contributed by atoms with Gasteiger partial charge in [-0.3, -0.25) is 4.99 Å². The van der Waals surface area contributed by atoms with Gasteiger partial charge in [-0.2, -0.15) is 0 Å². The average Bonchev–Trinajstić information content (AvgIpc) is 3.18. The first-order chi connectivity index (χ1) is 13.5. The first kappa shape index (κ1) is 26.0. The third-order valence-electron chi connectivity index (χ3n) is 5.19. The van der Waals surface area contributed by atoms with Crippen molar-refractivity contribution in [2.24, 2.45) is 4.99 Å². The van der Waals surface area contributed by atoms with E-state index in [1.165, 1.54) is 12.0 Å². The quantitative estimate of drug-likeness (QED) is 0.215. The number of aliphatic imine (C=N–C) groups is 1. The normalized spacial score (nSPS) is 16.8. The molecule has 29 heavy (non-hydrogen) atoms. The van der Waals surface area contributed by atoms with Gasteiger partial charge in [0.15, 0.2) is 5.96 Å². The second-order valence-electron chi connectivity index (χ2n) is 7.85. The van der Waals surface area contributed by atoms with Crippen LogP contribution in [0.15, 0.2) is 23.2 Å². The highest BCUT2D eigenvalue weighted by molar-refractivity contribution is 14.0. The monoisotopic (exact) mass is 518 g/mol. The summed E-state index contributed by atoms with van der Waals surface area (Å²) in [5, 5.41) is 6.81. The zero-order valence-corrected chi connectivity index (χ0v) is 21.0. The van der Waals surface area contributed by atoms with Crippen LogP contribution in [0.1, 0.15) is 44.2 Å². The summed E-state index contributed by atoms with van der Waals surface area (Å²) in [6.45, 7) is 10.7. The summed E-state index contributed by atoms with van der Waals surface area (Å²) in [7, 11) is 3.99. The molecule has 7 heteroatoms. The Hall–Kier alpha value is -1.06. The molecule has 1 aromatic carbocycles. The lowest BCUT2D eigenvalue weighted by atomic mass is 10.1. The number of hydrogen-bond donors (Lipinski definition) is 2. The van der Waals surface area contributed by atoms with Crippen LogP contribution in [-0.4, -0.2) is 63.4 Å². The Kier molecular flexibility index (Phi) is 12.6. The van der Waals surface area contributed by atoms with Crippen LogP contribution in [-0.2, 0) is 11.3 Å². The zero-order valence-electron chi connectivity index (χ0n) is 18.7. The van der Waals surface area contributed by atoms with Crippen molar-refractivity contribution < 1.29 is 9.47 Å². The minimum Gasteiger partial charge on any atom is -0.488 e. The summed E-state index contributed by atoms with van der Waals surface area (Å²) in [6.07, 6.45) is 3.41. The zero-order chi connectivity index (χ0) is 20.4. The van der Waals surface area contributed by atoms with Crippen LogP contribution >= 0.6 is 24.0 Å². The Bertz CT molecular complexity index is 619. The summed E-state index contributed by atoms with van der Waals surface area (Å²) in [6, 6.07) is 6.96. The van der Waals surface area contributed by atoms with Gasteiger partial charge in [0, 0.05) is 38.2 Å². The average molecular weight is 518 g/mol. The van der Waals surface area contributed by atoms with E-state index in [1.54, 1.807) is 0 Å². The Morgan fingerprint density at radius 3 is 2.76 bits per heavy atom. The first-order valence-electron chi connectivity index (χ1n) is 10.5. The molecule has 0 amide bonds. The molecule has 2 rings (SSSR count). The maximum Gasteiger partial charge on any atom is 0.191 e. The van der Waals surface area contributed by atoms with E-state index >= 15 is 0 Å².